The lowest BCUT2D eigenvalue weighted by Crippen LogP contribution is -2.08. The number of rotatable bonds is 3. The molecule has 0 bridgehead atoms. The van der Waals surface area contributed by atoms with E-state index >= 15 is 0 Å². The summed E-state index contributed by atoms with van der Waals surface area (Å²) in [7, 11) is 0. The van der Waals surface area contributed by atoms with Gasteiger partial charge in [-0.2, -0.15) is 0 Å². The minimum Gasteiger partial charge on any atom is -0.478 e. The second kappa shape index (κ2) is 4.77. The minimum atomic E-state index is -0.948. The lowest BCUT2D eigenvalue weighted by molar-refractivity contribution is 0.0698. The highest BCUT2D eigenvalue weighted by Gasteiger charge is 2.17. The first kappa shape index (κ1) is 12.3. The van der Waals surface area contributed by atoms with Gasteiger partial charge in [-0.3, -0.25) is 4.98 Å². The van der Waals surface area contributed by atoms with Gasteiger partial charge in [-0.15, -0.1) is 0 Å². The number of carboxylic acid groups (broad SMARTS) is 1. The van der Waals surface area contributed by atoms with Crippen molar-refractivity contribution in [3.8, 4) is 0 Å². The Labute approximate surface area is 115 Å². The molecule has 0 radical (unpaired) electrons. The van der Waals surface area contributed by atoms with E-state index in [1.165, 1.54) is 0 Å². The number of hydrogen-bond acceptors (Lipinski definition) is 3. The first-order valence-corrected chi connectivity index (χ1v) is 6.27. The molecular formula is C15H13N3O2. The number of nitrogens with zero attached hydrogens (tertiary/aromatic N) is 3. The van der Waals surface area contributed by atoms with E-state index in [1.807, 2.05) is 29.7 Å². The maximum absolute atomic E-state index is 11.4. The number of carbonyl (C=O) groups is 1. The van der Waals surface area contributed by atoms with Gasteiger partial charge in [-0.25, -0.2) is 9.78 Å². The van der Waals surface area contributed by atoms with Gasteiger partial charge in [0.1, 0.15) is 0 Å². The Balaban J connectivity index is 2.20. The van der Waals surface area contributed by atoms with Crippen LogP contribution in [0.1, 0.15) is 28.9 Å². The normalized spacial score (nSPS) is 12.4. The predicted octanol–water partition coefficient (Wildman–Crippen LogP) is 2.74. The first-order chi connectivity index (χ1) is 9.68. The van der Waals surface area contributed by atoms with Crippen LogP contribution in [0.5, 0.6) is 0 Å². The van der Waals surface area contributed by atoms with Crippen molar-refractivity contribution in [2.75, 3.05) is 0 Å². The Hall–Kier alpha value is -2.69. The van der Waals surface area contributed by atoms with Gasteiger partial charge >= 0.3 is 5.97 Å². The van der Waals surface area contributed by atoms with Gasteiger partial charge in [0.15, 0.2) is 0 Å². The van der Waals surface area contributed by atoms with Gasteiger partial charge in [0.25, 0.3) is 0 Å². The number of fused-ring (bicyclic) bond motifs is 1. The molecule has 1 aromatic carbocycles. The monoisotopic (exact) mass is 267 g/mol. The maximum atomic E-state index is 11.4. The number of pyridine rings is 1. The second-order valence-electron chi connectivity index (χ2n) is 4.59. The highest BCUT2D eigenvalue weighted by Crippen LogP contribution is 2.25. The summed E-state index contributed by atoms with van der Waals surface area (Å²) in [6.45, 7) is 2.00. The molecule has 2 heterocycles. The van der Waals surface area contributed by atoms with Gasteiger partial charge < -0.3 is 9.67 Å². The molecule has 0 aliphatic rings. The summed E-state index contributed by atoms with van der Waals surface area (Å²) in [5, 5.41) is 9.32. The minimum absolute atomic E-state index is 0.0331. The lowest BCUT2D eigenvalue weighted by Gasteiger charge is -2.15. The van der Waals surface area contributed by atoms with Crippen molar-refractivity contribution in [2.45, 2.75) is 13.0 Å². The van der Waals surface area contributed by atoms with Crippen LogP contribution in [-0.4, -0.2) is 25.6 Å². The van der Waals surface area contributed by atoms with E-state index in [-0.39, 0.29) is 11.6 Å². The number of para-hydroxylation sites is 1. The van der Waals surface area contributed by atoms with Crippen molar-refractivity contribution < 1.29 is 9.90 Å². The van der Waals surface area contributed by atoms with E-state index in [0.29, 0.717) is 11.0 Å². The quantitative estimate of drug-likeness (QED) is 0.792. The number of aromatic carboxylic acids is 1. The molecule has 1 unspecified atom stereocenters. The summed E-state index contributed by atoms with van der Waals surface area (Å²) in [6.07, 6.45) is 5.17. The molecule has 100 valence electrons. The van der Waals surface area contributed by atoms with Crippen LogP contribution in [0.4, 0.5) is 0 Å². The molecule has 0 aliphatic heterocycles. The fourth-order valence-electron chi connectivity index (χ4n) is 2.34. The maximum Gasteiger partial charge on any atom is 0.337 e. The lowest BCUT2D eigenvalue weighted by atomic mass is 10.1. The van der Waals surface area contributed by atoms with E-state index in [9.17, 15) is 9.90 Å². The molecule has 0 aliphatic carbocycles. The summed E-state index contributed by atoms with van der Waals surface area (Å²) in [5.74, 6) is -0.948. The number of hydrogen-bond donors (Lipinski definition) is 1. The van der Waals surface area contributed by atoms with E-state index in [4.69, 9.17) is 0 Å². The fraction of sp³-hybridized carbons (Fsp3) is 0.133. The van der Waals surface area contributed by atoms with Crippen LogP contribution in [0.15, 0.2) is 49.1 Å². The Morgan fingerprint density at radius 2 is 2.15 bits per heavy atom. The van der Waals surface area contributed by atoms with Gasteiger partial charge in [-0.05, 0) is 30.7 Å². The summed E-state index contributed by atoms with van der Waals surface area (Å²) in [5.41, 5.74) is 2.58. The van der Waals surface area contributed by atoms with Crippen molar-refractivity contribution in [3.63, 3.8) is 0 Å². The zero-order valence-corrected chi connectivity index (χ0v) is 10.9. The number of carboxylic acids is 1. The molecule has 3 aromatic rings. The topological polar surface area (TPSA) is 68.0 Å². The third kappa shape index (κ3) is 1.93. The molecule has 0 saturated heterocycles. The van der Waals surface area contributed by atoms with Gasteiger partial charge in [0, 0.05) is 12.4 Å². The Morgan fingerprint density at radius 1 is 1.30 bits per heavy atom. The molecule has 20 heavy (non-hydrogen) atoms. The van der Waals surface area contributed by atoms with Crippen LogP contribution in [0.3, 0.4) is 0 Å². The van der Waals surface area contributed by atoms with Crippen LogP contribution in [-0.2, 0) is 0 Å². The predicted molar refractivity (Wildman–Crippen MR) is 74.7 cm³/mol. The summed E-state index contributed by atoms with van der Waals surface area (Å²) < 4.78 is 1.87. The Morgan fingerprint density at radius 3 is 2.85 bits per heavy atom. The average Bonchev–Trinajstić information content (AvgIpc) is 2.91. The third-order valence-electron chi connectivity index (χ3n) is 3.41. The molecule has 0 saturated carbocycles. The average molecular weight is 267 g/mol. The van der Waals surface area contributed by atoms with Crippen molar-refractivity contribution >= 4 is 17.0 Å². The Kier molecular flexibility index (Phi) is 2.95. The SMILES string of the molecule is CC(c1cccnc1)n1cnc2cccc(C(=O)O)c21. The molecule has 0 amide bonds. The smallest absolute Gasteiger partial charge is 0.337 e. The standard InChI is InChI=1S/C15H13N3O2/c1-10(11-4-3-7-16-8-11)18-9-17-13-6-2-5-12(14(13)18)15(19)20/h2-10H,1H3,(H,19,20). The number of aromatic nitrogens is 3. The highest BCUT2D eigenvalue weighted by atomic mass is 16.4. The molecule has 2 aromatic heterocycles. The zero-order valence-electron chi connectivity index (χ0n) is 10.9. The van der Waals surface area contributed by atoms with Crippen LogP contribution >= 0.6 is 0 Å². The molecule has 3 rings (SSSR count). The van der Waals surface area contributed by atoms with E-state index in [2.05, 4.69) is 9.97 Å². The van der Waals surface area contributed by atoms with Gasteiger partial charge in [0.2, 0.25) is 0 Å². The van der Waals surface area contributed by atoms with E-state index in [0.717, 1.165) is 5.56 Å². The van der Waals surface area contributed by atoms with Crippen molar-refractivity contribution in [3.05, 3.63) is 60.2 Å². The van der Waals surface area contributed by atoms with E-state index < -0.39 is 5.97 Å². The van der Waals surface area contributed by atoms with Crippen LogP contribution in [0, 0.1) is 0 Å². The molecular weight excluding hydrogens is 254 g/mol. The number of imidazole rings is 1. The summed E-state index contributed by atoms with van der Waals surface area (Å²) >= 11 is 0. The van der Waals surface area contributed by atoms with Crippen LogP contribution in [0.25, 0.3) is 11.0 Å². The molecule has 1 N–H and O–H groups in total. The fourth-order valence-corrected chi connectivity index (χ4v) is 2.34. The zero-order chi connectivity index (χ0) is 14.1. The molecule has 5 heteroatoms. The molecule has 1 atom stereocenters. The van der Waals surface area contributed by atoms with E-state index in [1.54, 1.807) is 30.9 Å². The second-order valence-corrected chi connectivity index (χ2v) is 4.59. The van der Waals surface area contributed by atoms with Gasteiger partial charge in [0.05, 0.1) is 29.0 Å². The third-order valence-corrected chi connectivity index (χ3v) is 3.41. The van der Waals surface area contributed by atoms with Crippen molar-refractivity contribution in [1.82, 2.24) is 14.5 Å². The first-order valence-electron chi connectivity index (χ1n) is 6.27. The van der Waals surface area contributed by atoms with Crippen LogP contribution in [0.2, 0.25) is 0 Å². The highest BCUT2D eigenvalue weighted by molar-refractivity contribution is 6.01. The molecule has 5 nitrogen and oxygen atoms in total. The van der Waals surface area contributed by atoms with Crippen molar-refractivity contribution in [2.24, 2.45) is 0 Å². The summed E-state index contributed by atoms with van der Waals surface area (Å²) in [4.78, 5) is 19.8. The van der Waals surface area contributed by atoms with Crippen molar-refractivity contribution in [1.29, 1.82) is 0 Å². The number of benzene rings is 1. The Bertz CT molecular complexity index is 765. The van der Waals surface area contributed by atoms with Crippen LogP contribution < -0.4 is 0 Å². The summed E-state index contributed by atoms with van der Waals surface area (Å²) in [6, 6.07) is 8.91. The largest absolute Gasteiger partial charge is 0.478 e. The molecule has 0 fully saturated rings. The van der Waals surface area contributed by atoms with Gasteiger partial charge in [-0.1, -0.05) is 12.1 Å². The molecule has 0 spiro atoms.